The van der Waals surface area contributed by atoms with E-state index < -0.39 is 0 Å². The van der Waals surface area contributed by atoms with Crippen LogP contribution in [0.5, 0.6) is 0 Å². The lowest BCUT2D eigenvalue weighted by Gasteiger charge is -2.12. The fraction of sp³-hybridized carbons (Fsp3) is 0.312. The van der Waals surface area contributed by atoms with Crippen molar-refractivity contribution in [3.05, 3.63) is 40.6 Å². The van der Waals surface area contributed by atoms with Gasteiger partial charge < -0.3 is 5.73 Å². The van der Waals surface area contributed by atoms with Crippen LogP contribution in [-0.2, 0) is 0 Å². The molecule has 1 heterocycles. The van der Waals surface area contributed by atoms with Crippen molar-refractivity contribution >= 4 is 22.2 Å². The molecule has 1 aromatic heterocycles. The zero-order valence-corrected chi connectivity index (χ0v) is 11.8. The van der Waals surface area contributed by atoms with Crippen molar-refractivity contribution in [2.75, 3.05) is 5.73 Å². The maximum atomic E-state index is 6.28. The quantitative estimate of drug-likeness (QED) is 0.757. The van der Waals surface area contributed by atoms with Crippen molar-refractivity contribution in [2.24, 2.45) is 0 Å². The average molecular weight is 240 g/mol. The van der Waals surface area contributed by atoms with Crippen LogP contribution in [0.15, 0.2) is 23.9 Å². The number of hydrogen-bond donors (Lipinski definition) is 1. The molecule has 0 atom stereocenters. The van der Waals surface area contributed by atoms with E-state index in [4.69, 9.17) is 5.73 Å². The Bertz CT molecular complexity index is 648. The predicted octanol–water partition coefficient (Wildman–Crippen LogP) is 4.25. The highest BCUT2D eigenvalue weighted by Crippen LogP contribution is 2.31. The van der Waals surface area contributed by atoms with Gasteiger partial charge >= 0.3 is 0 Å². The highest BCUT2D eigenvalue weighted by Gasteiger charge is 2.10. The minimum absolute atomic E-state index is 0.786. The number of benzene rings is 1. The largest absolute Gasteiger partial charge is 0.396 e. The van der Waals surface area contributed by atoms with Gasteiger partial charge in [0.2, 0.25) is 0 Å². The van der Waals surface area contributed by atoms with Gasteiger partial charge in [-0.1, -0.05) is 17.7 Å². The molecule has 0 saturated heterocycles. The number of pyridine rings is 1. The van der Waals surface area contributed by atoms with Crippen LogP contribution in [-0.4, -0.2) is 4.98 Å². The van der Waals surface area contributed by atoms with Gasteiger partial charge in [0.25, 0.3) is 0 Å². The molecule has 0 amide bonds. The molecule has 2 heteroatoms. The molecule has 2 nitrogen and oxygen atoms in total. The third-order valence-corrected chi connectivity index (χ3v) is 3.75. The SMILES string of the molecule is CC(C)=C(C)c1ccc2c(C)c(C)cnc2c1N. The van der Waals surface area contributed by atoms with E-state index in [1.807, 2.05) is 6.20 Å². The first-order chi connectivity index (χ1) is 8.43. The van der Waals surface area contributed by atoms with Gasteiger partial charge in [0.1, 0.15) is 0 Å². The van der Waals surface area contributed by atoms with Gasteiger partial charge in [-0.3, -0.25) is 4.98 Å². The van der Waals surface area contributed by atoms with Crippen molar-refractivity contribution in [1.82, 2.24) is 4.98 Å². The average Bonchev–Trinajstić information content (AvgIpc) is 2.33. The number of nitrogen functional groups attached to an aromatic ring is 1. The number of aryl methyl sites for hydroxylation is 2. The molecule has 1 aromatic carbocycles. The summed E-state index contributed by atoms with van der Waals surface area (Å²) in [6.45, 7) is 10.5. The van der Waals surface area contributed by atoms with Crippen molar-refractivity contribution < 1.29 is 0 Å². The van der Waals surface area contributed by atoms with Crippen molar-refractivity contribution in [3.63, 3.8) is 0 Å². The standard InChI is InChI=1S/C16H20N2/c1-9(2)11(4)13-6-7-14-12(5)10(3)8-18-16(14)15(13)17/h6-8H,17H2,1-5H3. The maximum absolute atomic E-state index is 6.28. The molecular weight excluding hydrogens is 220 g/mol. The fourth-order valence-electron chi connectivity index (χ4n) is 2.12. The Morgan fingerprint density at radius 1 is 1.11 bits per heavy atom. The molecule has 0 radical (unpaired) electrons. The Hall–Kier alpha value is -1.83. The first-order valence-electron chi connectivity index (χ1n) is 6.22. The number of fused-ring (bicyclic) bond motifs is 1. The number of allylic oxidation sites excluding steroid dienone is 2. The van der Waals surface area contributed by atoms with Crippen molar-refractivity contribution in [1.29, 1.82) is 0 Å². The fourth-order valence-corrected chi connectivity index (χ4v) is 2.12. The number of anilines is 1. The number of hydrogen-bond acceptors (Lipinski definition) is 2. The Kier molecular flexibility index (Phi) is 3.12. The van der Waals surface area contributed by atoms with E-state index >= 15 is 0 Å². The summed E-state index contributed by atoms with van der Waals surface area (Å²) >= 11 is 0. The molecule has 0 aliphatic heterocycles. The van der Waals surface area contributed by atoms with Crippen LogP contribution < -0.4 is 5.73 Å². The van der Waals surface area contributed by atoms with E-state index in [9.17, 15) is 0 Å². The molecule has 0 bridgehead atoms. The molecule has 2 N–H and O–H groups in total. The molecule has 18 heavy (non-hydrogen) atoms. The van der Waals surface area contributed by atoms with Crippen LogP contribution in [0, 0.1) is 13.8 Å². The van der Waals surface area contributed by atoms with E-state index in [2.05, 4.69) is 51.7 Å². The topological polar surface area (TPSA) is 38.9 Å². The zero-order chi connectivity index (χ0) is 13.4. The number of rotatable bonds is 1. The van der Waals surface area contributed by atoms with Gasteiger partial charge in [0.15, 0.2) is 0 Å². The minimum atomic E-state index is 0.786. The summed E-state index contributed by atoms with van der Waals surface area (Å²) in [6.07, 6.45) is 1.90. The molecule has 94 valence electrons. The van der Waals surface area contributed by atoms with Crippen LogP contribution in [0.3, 0.4) is 0 Å². The Labute approximate surface area is 109 Å². The molecule has 2 aromatic rings. The molecule has 0 saturated carbocycles. The summed E-state index contributed by atoms with van der Waals surface area (Å²) in [7, 11) is 0. The van der Waals surface area contributed by atoms with Crippen LogP contribution >= 0.6 is 0 Å². The van der Waals surface area contributed by atoms with E-state index in [1.165, 1.54) is 22.3 Å². The number of aromatic nitrogens is 1. The van der Waals surface area contributed by atoms with Gasteiger partial charge in [0, 0.05) is 17.1 Å². The van der Waals surface area contributed by atoms with Gasteiger partial charge in [-0.15, -0.1) is 0 Å². The van der Waals surface area contributed by atoms with Crippen LogP contribution in [0.4, 0.5) is 5.69 Å². The molecule has 2 rings (SSSR count). The number of nitrogens with two attached hydrogens (primary N) is 1. The lowest BCUT2D eigenvalue weighted by atomic mass is 9.97. The molecular formula is C16H20N2. The molecule has 0 unspecified atom stereocenters. The van der Waals surface area contributed by atoms with Gasteiger partial charge in [-0.2, -0.15) is 0 Å². The molecule has 0 aliphatic rings. The summed E-state index contributed by atoms with van der Waals surface area (Å²) in [5.41, 5.74) is 14.0. The van der Waals surface area contributed by atoms with Gasteiger partial charge in [-0.25, -0.2) is 0 Å². The monoisotopic (exact) mass is 240 g/mol. The normalized spacial score (nSPS) is 10.7. The second-order valence-electron chi connectivity index (χ2n) is 5.11. The first-order valence-corrected chi connectivity index (χ1v) is 6.22. The molecule has 0 fully saturated rings. The van der Waals surface area contributed by atoms with E-state index in [1.54, 1.807) is 0 Å². The van der Waals surface area contributed by atoms with Crippen LogP contribution in [0.1, 0.15) is 37.5 Å². The number of nitrogens with zero attached hydrogens (tertiary/aromatic N) is 1. The Morgan fingerprint density at radius 2 is 1.78 bits per heavy atom. The predicted molar refractivity (Wildman–Crippen MR) is 79.6 cm³/mol. The lowest BCUT2D eigenvalue weighted by molar-refractivity contribution is 1.27. The second kappa shape index (κ2) is 4.45. The van der Waals surface area contributed by atoms with Crippen LogP contribution in [0.2, 0.25) is 0 Å². The summed E-state index contributed by atoms with van der Waals surface area (Å²) in [5.74, 6) is 0. The van der Waals surface area contributed by atoms with Crippen molar-refractivity contribution in [2.45, 2.75) is 34.6 Å². The van der Waals surface area contributed by atoms with Crippen molar-refractivity contribution in [3.8, 4) is 0 Å². The second-order valence-corrected chi connectivity index (χ2v) is 5.11. The highest BCUT2D eigenvalue weighted by atomic mass is 14.7. The zero-order valence-electron chi connectivity index (χ0n) is 11.8. The smallest absolute Gasteiger partial charge is 0.0940 e. The van der Waals surface area contributed by atoms with E-state index in [0.29, 0.717) is 0 Å². The third-order valence-electron chi connectivity index (χ3n) is 3.75. The van der Waals surface area contributed by atoms with Gasteiger partial charge in [0.05, 0.1) is 11.2 Å². The summed E-state index contributed by atoms with van der Waals surface area (Å²) in [6, 6.07) is 4.23. The minimum Gasteiger partial charge on any atom is -0.396 e. The summed E-state index contributed by atoms with van der Waals surface area (Å²) in [5, 5.41) is 1.15. The molecule has 0 aliphatic carbocycles. The third kappa shape index (κ3) is 1.88. The van der Waals surface area contributed by atoms with E-state index in [-0.39, 0.29) is 0 Å². The lowest BCUT2D eigenvalue weighted by Crippen LogP contribution is -1.98. The highest BCUT2D eigenvalue weighted by molar-refractivity contribution is 5.97. The van der Waals surface area contributed by atoms with Gasteiger partial charge in [-0.05, 0) is 51.3 Å². The maximum Gasteiger partial charge on any atom is 0.0940 e. The first kappa shape index (κ1) is 12.6. The Morgan fingerprint density at radius 3 is 2.39 bits per heavy atom. The van der Waals surface area contributed by atoms with E-state index in [0.717, 1.165) is 22.2 Å². The molecule has 0 spiro atoms. The summed E-state index contributed by atoms with van der Waals surface area (Å²) < 4.78 is 0. The summed E-state index contributed by atoms with van der Waals surface area (Å²) in [4.78, 5) is 4.50. The Balaban J connectivity index is 2.82. The van der Waals surface area contributed by atoms with Crippen LogP contribution in [0.25, 0.3) is 16.5 Å².